The molecule has 194 valence electrons. The van der Waals surface area contributed by atoms with Crippen molar-refractivity contribution < 1.29 is 22.1 Å². The molecule has 2 unspecified atom stereocenters. The van der Waals surface area contributed by atoms with Crippen LogP contribution in [0.2, 0.25) is 0 Å². The largest absolute Gasteiger partial charge is 0.363 e. The molecule has 1 saturated heterocycles. The van der Waals surface area contributed by atoms with Crippen molar-refractivity contribution in [1.29, 1.82) is 0 Å². The van der Waals surface area contributed by atoms with E-state index in [4.69, 9.17) is 4.74 Å². The van der Waals surface area contributed by atoms with Gasteiger partial charge in [0.15, 0.2) is 6.61 Å². The Balaban J connectivity index is 1.51. The molecule has 0 saturated carbocycles. The zero-order chi connectivity index (χ0) is 26.3. The molecule has 2 aliphatic rings. The summed E-state index contributed by atoms with van der Waals surface area (Å²) in [6, 6.07) is 4.68. The van der Waals surface area contributed by atoms with Crippen LogP contribution in [0.4, 0.5) is 19.0 Å². The monoisotopic (exact) mass is 532 g/mol. The van der Waals surface area contributed by atoms with Crippen molar-refractivity contribution >= 4 is 32.2 Å². The van der Waals surface area contributed by atoms with E-state index in [1.54, 1.807) is 32.7 Å². The van der Waals surface area contributed by atoms with Gasteiger partial charge in [-0.15, -0.1) is 0 Å². The number of aromatic nitrogens is 3. The summed E-state index contributed by atoms with van der Waals surface area (Å²) < 4.78 is 65.0. The van der Waals surface area contributed by atoms with Crippen molar-refractivity contribution in [3.05, 3.63) is 76.1 Å². The molecule has 5 rings (SSSR count). The van der Waals surface area contributed by atoms with Gasteiger partial charge < -0.3 is 5.32 Å². The van der Waals surface area contributed by atoms with Crippen molar-refractivity contribution in [3.8, 4) is 0 Å². The van der Waals surface area contributed by atoms with Gasteiger partial charge in [0.2, 0.25) is 0 Å². The second kappa shape index (κ2) is 9.82. The van der Waals surface area contributed by atoms with Gasteiger partial charge in [-0.1, -0.05) is 24.3 Å². The molecule has 1 fully saturated rings. The number of nitrogens with one attached hydrogen (secondary N) is 1. The second-order valence-electron chi connectivity index (χ2n) is 9.06. The number of fused-ring (bicyclic) bond motifs is 1. The molecule has 1 aromatic carbocycles. The van der Waals surface area contributed by atoms with E-state index in [0.29, 0.717) is 41.2 Å². The van der Waals surface area contributed by atoms with Crippen LogP contribution in [-0.2, 0) is 21.5 Å². The maximum Gasteiger partial charge on any atom is 0.266 e. The van der Waals surface area contributed by atoms with E-state index in [1.807, 2.05) is 0 Å². The Labute approximate surface area is 211 Å². The molecule has 0 bridgehead atoms. The molecule has 0 radical (unpaired) electrons. The Bertz CT molecular complexity index is 1580. The fourth-order valence-electron chi connectivity index (χ4n) is 4.48. The first-order valence-corrected chi connectivity index (χ1v) is 13.6. The third kappa shape index (κ3) is 4.82. The van der Waals surface area contributed by atoms with Crippen LogP contribution in [0.25, 0.3) is 16.6 Å². The lowest BCUT2D eigenvalue weighted by atomic mass is 10.0. The first kappa shape index (κ1) is 25.3. The maximum atomic E-state index is 14.7. The number of alkyl halides is 2. The van der Waals surface area contributed by atoms with E-state index in [-0.39, 0.29) is 22.9 Å². The third-order valence-corrected chi connectivity index (χ3v) is 8.78. The number of pyridine rings is 1. The van der Waals surface area contributed by atoms with E-state index in [0.717, 1.165) is 11.6 Å². The number of hydrogen-bond acceptors (Lipinski definition) is 7. The number of hydrogen-bond donors (Lipinski definition) is 1. The fourth-order valence-corrected chi connectivity index (χ4v) is 6.44. The summed E-state index contributed by atoms with van der Waals surface area (Å²) in [5.74, 6) is -0.0817. The molecule has 3 atom stereocenters. The van der Waals surface area contributed by atoms with Crippen molar-refractivity contribution in [2.75, 3.05) is 23.4 Å². The standard InChI is InChI=1S/C25H24F3N5O3S/c1-14(17-4-3-5-18(21(17)26)22(27)28)31-23-20-10-19(25(34)33(2)24(20)30-13-29-23)15-6-8-37(35,9-7-15)32-16-11-36-12-16/h3-6,10-11,13-14,16,22H,7-9,12H2,1-2H3/p+1/t14-,16?,37?/m1/s1. The topological polar surface area (TPSA) is 98.5 Å². The smallest absolute Gasteiger partial charge is 0.266 e. The van der Waals surface area contributed by atoms with Crippen LogP contribution < -0.4 is 10.9 Å². The van der Waals surface area contributed by atoms with Gasteiger partial charge in [-0.05, 0) is 25.0 Å². The molecule has 37 heavy (non-hydrogen) atoms. The number of rotatable bonds is 6. The van der Waals surface area contributed by atoms with Crippen molar-refractivity contribution in [2.45, 2.75) is 31.9 Å². The van der Waals surface area contributed by atoms with Crippen molar-refractivity contribution in [1.82, 2.24) is 14.5 Å². The predicted octanol–water partition coefficient (Wildman–Crippen LogP) is 4.39. The van der Waals surface area contributed by atoms with Crippen LogP contribution in [0.3, 0.4) is 0 Å². The summed E-state index contributed by atoms with van der Waals surface area (Å²) in [6.45, 7) is 3.64. The minimum Gasteiger partial charge on any atom is -0.363 e. The Morgan fingerprint density at radius 3 is 2.70 bits per heavy atom. The lowest BCUT2D eigenvalue weighted by molar-refractivity contribution is 0.0813. The Hall–Kier alpha value is -3.38. The number of aryl methyl sites for hydroxylation is 1. The molecule has 2 aromatic heterocycles. The second-order valence-corrected chi connectivity index (χ2v) is 11.6. The van der Waals surface area contributed by atoms with Crippen LogP contribution in [0.15, 0.2) is 45.8 Å². The molecular formula is C25H25F3N5O3S+. The number of allylic oxidation sites excluding steroid dienone is 1. The number of benzene rings is 1. The highest BCUT2D eigenvalue weighted by Crippen LogP contribution is 2.31. The van der Waals surface area contributed by atoms with E-state index in [9.17, 15) is 22.2 Å². The lowest BCUT2D eigenvalue weighted by Gasteiger charge is -2.21. The predicted molar refractivity (Wildman–Crippen MR) is 135 cm³/mol. The van der Waals surface area contributed by atoms with Gasteiger partial charge >= 0.3 is 0 Å². The van der Waals surface area contributed by atoms with Crippen LogP contribution in [0, 0.1) is 12.4 Å². The molecular weight excluding hydrogens is 507 g/mol. The van der Waals surface area contributed by atoms with E-state index >= 15 is 0 Å². The number of nitrogens with zero attached hydrogens (tertiary/aromatic N) is 4. The molecule has 0 spiro atoms. The molecule has 0 aliphatic carbocycles. The van der Waals surface area contributed by atoms with Crippen molar-refractivity contribution in [2.24, 2.45) is 11.4 Å². The first-order valence-electron chi connectivity index (χ1n) is 11.7. The molecule has 8 nitrogen and oxygen atoms in total. The summed E-state index contributed by atoms with van der Waals surface area (Å²) in [5.41, 5.74) is 0.667. The normalized spacial score (nSPS) is 22.2. The highest BCUT2D eigenvalue weighted by atomic mass is 32.2. The van der Waals surface area contributed by atoms with Crippen LogP contribution >= 0.6 is 0 Å². The molecule has 2 aliphatic heterocycles. The Morgan fingerprint density at radius 1 is 1.30 bits per heavy atom. The SMILES string of the molecule is C[C@@H](Nc1ncnc2c1cc(C1=CCS(=O)(=NC3[CH+]OC3)CC1)c(=O)n2C)c1cccc(C(F)F)c1F. The summed E-state index contributed by atoms with van der Waals surface area (Å²) in [7, 11) is -0.831. The number of anilines is 1. The van der Waals surface area contributed by atoms with Crippen LogP contribution in [0.5, 0.6) is 0 Å². The van der Waals surface area contributed by atoms with Crippen molar-refractivity contribution in [3.63, 3.8) is 0 Å². The van der Waals surface area contributed by atoms with E-state index in [2.05, 4.69) is 19.6 Å². The Kier molecular flexibility index (Phi) is 6.71. The number of halogens is 3. The summed E-state index contributed by atoms with van der Waals surface area (Å²) in [5, 5.41) is 3.59. The zero-order valence-electron chi connectivity index (χ0n) is 20.2. The molecule has 0 amide bonds. The maximum absolute atomic E-state index is 14.7. The van der Waals surface area contributed by atoms with Gasteiger partial charge in [0.25, 0.3) is 24.6 Å². The summed E-state index contributed by atoms with van der Waals surface area (Å²) in [6.07, 6.45) is 0.549. The van der Waals surface area contributed by atoms with Gasteiger partial charge in [0.1, 0.15) is 23.6 Å². The average Bonchev–Trinajstić information content (AvgIpc) is 2.84. The quantitative estimate of drug-likeness (QED) is 0.473. The highest BCUT2D eigenvalue weighted by Gasteiger charge is 2.33. The van der Waals surface area contributed by atoms with Gasteiger partial charge in [-0.25, -0.2) is 27.3 Å². The zero-order valence-corrected chi connectivity index (χ0v) is 21.0. The lowest BCUT2D eigenvalue weighted by Crippen LogP contribution is -2.30. The highest BCUT2D eigenvalue weighted by molar-refractivity contribution is 7.93. The summed E-state index contributed by atoms with van der Waals surface area (Å²) >= 11 is 0. The van der Waals surface area contributed by atoms with Gasteiger partial charge in [-0.2, -0.15) is 9.10 Å². The van der Waals surface area contributed by atoms with Crippen LogP contribution in [0.1, 0.15) is 42.5 Å². The molecule has 4 heterocycles. The van der Waals surface area contributed by atoms with Gasteiger partial charge in [-0.3, -0.25) is 9.36 Å². The van der Waals surface area contributed by atoms with E-state index in [1.165, 1.54) is 23.0 Å². The fraction of sp³-hybridized carbons (Fsp3) is 0.360. The molecule has 3 aromatic rings. The first-order chi connectivity index (χ1) is 17.7. The minimum atomic E-state index is -2.93. The van der Waals surface area contributed by atoms with Gasteiger partial charge in [0.05, 0.1) is 32.5 Å². The molecule has 1 N–H and O–H groups in total. The van der Waals surface area contributed by atoms with Crippen LogP contribution in [-0.4, -0.2) is 42.9 Å². The third-order valence-electron chi connectivity index (χ3n) is 6.59. The average molecular weight is 533 g/mol. The minimum absolute atomic E-state index is 0.0669. The Morgan fingerprint density at radius 2 is 2.05 bits per heavy atom. The molecule has 12 heteroatoms. The van der Waals surface area contributed by atoms with Gasteiger partial charge in [0, 0.05) is 23.9 Å². The summed E-state index contributed by atoms with van der Waals surface area (Å²) in [4.78, 5) is 21.7. The number of ether oxygens (including phenoxy) is 1. The van der Waals surface area contributed by atoms with E-state index < -0.39 is 33.6 Å².